The van der Waals surface area contributed by atoms with Crippen LogP contribution >= 0.6 is 0 Å². The number of para-hydroxylation sites is 5. The van der Waals surface area contributed by atoms with Crippen LogP contribution in [0.4, 0.5) is 77.0 Å². The predicted molar refractivity (Wildman–Crippen MR) is 459 cm³/mol. The summed E-state index contributed by atoms with van der Waals surface area (Å²) in [6, 6.07) is 129. The number of aromatic nitrogens is 1. The van der Waals surface area contributed by atoms with E-state index in [1.165, 1.54) is 51.6 Å². The van der Waals surface area contributed by atoms with Gasteiger partial charge in [0.1, 0.15) is 43.1 Å². The Morgan fingerprint density at radius 1 is 0.230 bits per heavy atom. The van der Waals surface area contributed by atoms with Gasteiger partial charge in [0.2, 0.25) is 0 Å². The zero-order valence-electron chi connectivity index (χ0n) is 62.0. The van der Waals surface area contributed by atoms with Crippen molar-refractivity contribution >= 4 is 132 Å². The van der Waals surface area contributed by atoms with Gasteiger partial charge in [-0.1, -0.05) is 163 Å². The van der Waals surface area contributed by atoms with Crippen LogP contribution < -0.4 is 19.6 Å². The third kappa shape index (κ3) is 18.8. The summed E-state index contributed by atoms with van der Waals surface area (Å²) in [5, 5.41) is 4.66. The molecule has 0 aliphatic heterocycles. The quantitative estimate of drug-likeness (QED) is 0.0777. The molecule has 0 saturated carbocycles. The van der Waals surface area contributed by atoms with Gasteiger partial charge >= 0.3 is 0 Å². The molecule has 0 radical (unpaired) electrons. The van der Waals surface area contributed by atoms with E-state index >= 15 is 0 Å². The zero-order valence-corrected chi connectivity index (χ0v) is 62.0. The minimum atomic E-state index is -0.330. The molecule has 0 amide bonds. The molecule has 12 heteroatoms. The van der Waals surface area contributed by atoms with Crippen LogP contribution in [0.5, 0.6) is 0 Å². The van der Waals surface area contributed by atoms with E-state index < -0.39 is 0 Å². The van der Waals surface area contributed by atoms with Gasteiger partial charge in [0.25, 0.3) is 0 Å². The van der Waals surface area contributed by atoms with Gasteiger partial charge in [0.05, 0.1) is 16.7 Å². The Hall–Kier alpha value is -15.0. The van der Waals surface area contributed by atoms with Crippen molar-refractivity contribution in [1.82, 2.24) is 4.57 Å². The van der Waals surface area contributed by atoms with Crippen molar-refractivity contribution in [3.8, 4) is 5.69 Å². The van der Waals surface area contributed by atoms with Crippen LogP contribution in [0.2, 0.25) is 0 Å². The first kappa shape index (κ1) is 76.2. The van der Waals surface area contributed by atoms with Crippen LogP contribution in [0.15, 0.2) is 400 Å². The summed E-state index contributed by atoms with van der Waals surface area (Å²) in [6.07, 6.45) is 4.26. The maximum atomic E-state index is 13.2. The van der Waals surface area contributed by atoms with Gasteiger partial charge in [-0.3, -0.25) is 24.0 Å². The number of anilines is 12. The number of nitrogens with zero attached hydrogens (tertiary/aromatic N) is 5. The standard InChI is InChI=1S/C23H17NO.C21H19NO.C19H13F2NO.C19H13NO.C19H15NO/c25-17-18-13-15-21(16-14-18)24(20-9-2-1-3-10-20)23-12-6-8-19-7-4-5-11-22(19)23;1-16-3-9-19(10-4-16)22(20-11-5-17(2)6-12-20)21-13-7-18(15-23)8-14-21;20-15-3-9-18(10-4-15)22(19-11-5-16(21)6-12-19)17-7-1-14(13-23)2-8-17;21-13-14-10-11-19-17(12-14)16-8-4-5-9-18(16)20(19)15-6-2-1-3-7-15;21-15-16-11-13-19(14-12-16)20(17-7-3-1-4-8-17)18-9-5-2-6-10-18/h1-17H;3-15H,1-2H3;1-13H;1-13H;1-15H. The maximum Gasteiger partial charge on any atom is 0.150 e. The fourth-order valence-electron chi connectivity index (χ4n) is 13.2. The molecule has 0 aliphatic rings. The van der Waals surface area contributed by atoms with Gasteiger partial charge in [-0.2, -0.15) is 0 Å². The summed E-state index contributed by atoms with van der Waals surface area (Å²) in [5.41, 5.74) is 21.1. The molecule has 0 atom stereocenters. The van der Waals surface area contributed by atoms with Crippen LogP contribution in [0, 0.1) is 25.5 Å². The van der Waals surface area contributed by atoms with Gasteiger partial charge in [0.15, 0.2) is 0 Å². The maximum absolute atomic E-state index is 13.2. The second kappa shape index (κ2) is 37.2. The second-order valence-electron chi connectivity index (χ2n) is 26.4. The number of hydrogen-bond donors (Lipinski definition) is 0. The van der Waals surface area contributed by atoms with Crippen molar-refractivity contribution in [2.24, 2.45) is 0 Å². The van der Waals surface area contributed by atoms with Crippen LogP contribution in [0.3, 0.4) is 0 Å². The minimum Gasteiger partial charge on any atom is -0.311 e. The highest BCUT2D eigenvalue weighted by Crippen LogP contribution is 2.41. The van der Waals surface area contributed by atoms with Crippen molar-refractivity contribution in [3.05, 3.63) is 451 Å². The van der Waals surface area contributed by atoms with Crippen molar-refractivity contribution < 1.29 is 32.8 Å². The van der Waals surface area contributed by atoms with Gasteiger partial charge < -0.3 is 24.2 Å². The average molecular weight is 1480 g/mol. The van der Waals surface area contributed by atoms with E-state index in [0.717, 1.165) is 122 Å². The molecule has 10 nitrogen and oxygen atoms in total. The molecule has 0 bridgehead atoms. The minimum absolute atomic E-state index is 0.330. The molecule has 17 aromatic rings. The van der Waals surface area contributed by atoms with E-state index in [2.05, 4.69) is 185 Å². The molecule has 0 N–H and O–H groups in total. The summed E-state index contributed by atoms with van der Waals surface area (Å²) in [7, 11) is 0. The molecule has 16 aromatic carbocycles. The van der Waals surface area contributed by atoms with Crippen molar-refractivity contribution in [2.45, 2.75) is 13.8 Å². The molecule has 17 rings (SSSR count). The molecule has 0 spiro atoms. The topological polar surface area (TPSA) is 103 Å². The summed E-state index contributed by atoms with van der Waals surface area (Å²) >= 11 is 0. The summed E-state index contributed by atoms with van der Waals surface area (Å²) in [5.74, 6) is -0.659. The van der Waals surface area contributed by atoms with Gasteiger partial charge in [-0.05, 0) is 268 Å². The van der Waals surface area contributed by atoms with Crippen LogP contribution in [-0.4, -0.2) is 36.0 Å². The Morgan fingerprint density at radius 3 is 0.885 bits per heavy atom. The summed E-state index contributed by atoms with van der Waals surface area (Å²) < 4.78 is 28.6. The third-order valence-electron chi connectivity index (χ3n) is 18.8. The van der Waals surface area contributed by atoms with Crippen molar-refractivity contribution in [2.75, 3.05) is 19.6 Å². The molecular weight excluding hydrogens is 1400 g/mol. The third-order valence-corrected chi connectivity index (χ3v) is 18.8. The fourth-order valence-corrected chi connectivity index (χ4v) is 13.2. The lowest BCUT2D eigenvalue weighted by Crippen LogP contribution is -2.10. The fraction of sp³-hybridized carbons (Fsp3) is 0.0198. The number of halogens is 2. The van der Waals surface area contributed by atoms with E-state index in [1.807, 2.05) is 181 Å². The van der Waals surface area contributed by atoms with E-state index in [9.17, 15) is 32.8 Å². The highest BCUT2D eigenvalue weighted by atomic mass is 19.1. The first-order chi connectivity index (χ1) is 55.5. The lowest BCUT2D eigenvalue weighted by molar-refractivity contribution is 0.111. The number of benzene rings is 16. The number of aldehydes is 5. The van der Waals surface area contributed by atoms with E-state index in [4.69, 9.17) is 0 Å². The Morgan fingerprint density at radius 2 is 0.504 bits per heavy atom. The van der Waals surface area contributed by atoms with Crippen LogP contribution in [0.1, 0.15) is 62.9 Å². The molecule has 113 heavy (non-hydrogen) atoms. The Balaban J connectivity index is 0.000000124. The first-order valence-corrected chi connectivity index (χ1v) is 36.7. The SMILES string of the molecule is Cc1ccc(N(c2ccc(C)cc2)c2ccc(C=O)cc2)cc1.O=Cc1ccc(N(c2ccc(F)cc2)c2ccc(F)cc2)cc1.O=Cc1ccc(N(c2ccccc2)c2cccc3ccccc23)cc1.O=Cc1ccc(N(c2ccccc2)c2ccccc2)cc1.O=Cc1ccc2c(c1)c1ccccc1n2-c1ccccc1. The Kier molecular flexibility index (Phi) is 25.1. The normalized spacial score (nSPS) is 10.5. The highest BCUT2D eigenvalue weighted by Gasteiger charge is 2.19. The Labute approximate surface area is 655 Å². The smallest absolute Gasteiger partial charge is 0.150 e. The Bertz CT molecular complexity index is 5700. The lowest BCUT2D eigenvalue weighted by Gasteiger charge is -2.26. The van der Waals surface area contributed by atoms with E-state index in [1.54, 1.807) is 48.5 Å². The summed E-state index contributed by atoms with van der Waals surface area (Å²) in [6.45, 7) is 4.16. The van der Waals surface area contributed by atoms with Crippen LogP contribution in [-0.2, 0) is 0 Å². The average Bonchev–Trinajstić information content (AvgIpc) is 1.59. The highest BCUT2D eigenvalue weighted by molar-refractivity contribution is 6.10. The molecule has 1 aromatic heterocycles. The molecular formula is C101H77F2N5O5. The van der Waals surface area contributed by atoms with Gasteiger partial charge in [-0.15, -0.1) is 0 Å². The number of aryl methyl sites for hydroxylation is 2. The van der Waals surface area contributed by atoms with Gasteiger partial charge in [0, 0.05) is 112 Å². The number of rotatable bonds is 18. The number of fused-ring (bicyclic) bond motifs is 4. The zero-order chi connectivity index (χ0) is 78.3. The molecule has 1 heterocycles. The van der Waals surface area contributed by atoms with Crippen molar-refractivity contribution in [3.63, 3.8) is 0 Å². The molecule has 0 fully saturated rings. The number of carbonyl (C=O) groups is 5. The molecule has 0 unspecified atom stereocenters. The molecule has 0 saturated heterocycles. The first-order valence-electron chi connectivity index (χ1n) is 36.7. The van der Waals surface area contributed by atoms with E-state index in [0.29, 0.717) is 27.8 Å². The van der Waals surface area contributed by atoms with E-state index in [-0.39, 0.29) is 11.6 Å². The lowest BCUT2D eigenvalue weighted by atomic mass is 10.1. The molecule has 0 aliphatic carbocycles. The predicted octanol–water partition coefficient (Wildman–Crippen LogP) is 26.5. The number of hydrogen-bond acceptors (Lipinski definition) is 9. The molecule has 550 valence electrons. The van der Waals surface area contributed by atoms with Gasteiger partial charge in [-0.25, -0.2) is 8.78 Å². The van der Waals surface area contributed by atoms with Crippen molar-refractivity contribution in [1.29, 1.82) is 0 Å². The largest absolute Gasteiger partial charge is 0.311 e. The second-order valence-corrected chi connectivity index (χ2v) is 26.4. The monoisotopic (exact) mass is 1480 g/mol. The van der Waals surface area contributed by atoms with Crippen LogP contribution in [0.25, 0.3) is 38.3 Å². The summed E-state index contributed by atoms with van der Waals surface area (Å²) in [4.78, 5) is 63.0. The number of carbonyl (C=O) groups excluding carboxylic acids is 5.